The molecule has 5 nitrogen and oxygen atoms in total. The van der Waals surface area contributed by atoms with Crippen molar-refractivity contribution in [2.24, 2.45) is 5.10 Å². The lowest BCUT2D eigenvalue weighted by atomic mass is 10.1. The van der Waals surface area contributed by atoms with E-state index in [1.807, 2.05) is 43.3 Å². The monoisotopic (exact) mass is 384 g/mol. The first-order valence-electron chi connectivity index (χ1n) is 7.91. The van der Waals surface area contributed by atoms with Crippen LogP contribution in [0.5, 0.6) is 0 Å². The van der Waals surface area contributed by atoms with E-state index < -0.39 is 0 Å². The molecule has 0 aliphatic heterocycles. The van der Waals surface area contributed by atoms with Gasteiger partial charge in [0.15, 0.2) is 0 Å². The maximum Gasteiger partial charge on any atom is 0.221 e. The Labute approximate surface area is 160 Å². The number of anilines is 2. The Bertz CT molecular complexity index is 933. The first kappa shape index (κ1) is 18.1. The van der Waals surface area contributed by atoms with E-state index >= 15 is 0 Å². The maximum atomic E-state index is 11.5. The van der Waals surface area contributed by atoms with Crippen LogP contribution in [0.3, 0.4) is 0 Å². The fourth-order valence-corrected chi connectivity index (χ4v) is 3.24. The number of nitrogens with one attached hydrogen (secondary N) is 2. The predicted octanol–water partition coefficient (Wildman–Crippen LogP) is 5.18. The van der Waals surface area contributed by atoms with Gasteiger partial charge < -0.3 is 5.32 Å². The third-order valence-electron chi connectivity index (χ3n) is 3.49. The zero-order chi connectivity index (χ0) is 18.5. The van der Waals surface area contributed by atoms with E-state index in [-0.39, 0.29) is 5.91 Å². The molecule has 0 radical (unpaired) electrons. The van der Waals surface area contributed by atoms with Gasteiger partial charge in [0.05, 0.1) is 6.21 Å². The van der Waals surface area contributed by atoms with Gasteiger partial charge in [-0.15, -0.1) is 0 Å². The fraction of sp³-hybridized carbons (Fsp3) is 0.105. The Balaban J connectivity index is 1.82. The minimum Gasteiger partial charge on any atom is -0.316 e. The highest BCUT2D eigenvalue weighted by Crippen LogP contribution is 2.36. The molecule has 2 N–H and O–H groups in total. The van der Waals surface area contributed by atoms with Crippen LogP contribution in [0.2, 0.25) is 5.02 Å². The molecule has 0 saturated heterocycles. The van der Waals surface area contributed by atoms with Gasteiger partial charge in [-0.05, 0) is 24.6 Å². The molecule has 0 fully saturated rings. The number of aromatic nitrogens is 1. The zero-order valence-electron chi connectivity index (χ0n) is 14.3. The van der Waals surface area contributed by atoms with Gasteiger partial charge in [-0.2, -0.15) is 5.10 Å². The summed E-state index contributed by atoms with van der Waals surface area (Å²) in [6, 6.07) is 15.3. The number of carbonyl (C=O) groups is 1. The van der Waals surface area contributed by atoms with E-state index in [1.165, 1.54) is 18.3 Å². The van der Waals surface area contributed by atoms with E-state index in [1.54, 1.807) is 18.3 Å². The summed E-state index contributed by atoms with van der Waals surface area (Å²) < 4.78 is 0. The lowest BCUT2D eigenvalue weighted by molar-refractivity contribution is -0.114. The number of benzene rings is 2. The molecule has 0 aliphatic carbocycles. The minimum atomic E-state index is -0.141. The largest absolute Gasteiger partial charge is 0.316 e. The third-order valence-corrected chi connectivity index (χ3v) is 4.61. The molecule has 1 aromatic heterocycles. The number of hydrazone groups is 1. The molecule has 3 aromatic rings. The summed E-state index contributed by atoms with van der Waals surface area (Å²) in [5.41, 5.74) is 6.65. The van der Waals surface area contributed by atoms with Gasteiger partial charge >= 0.3 is 0 Å². The number of carbonyl (C=O) groups excluding carboxylic acids is 1. The molecule has 26 heavy (non-hydrogen) atoms. The summed E-state index contributed by atoms with van der Waals surface area (Å²) in [5, 5.41) is 8.99. The maximum absolute atomic E-state index is 11.5. The minimum absolute atomic E-state index is 0.141. The van der Waals surface area contributed by atoms with Crippen LogP contribution in [-0.4, -0.2) is 17.1 Å². The van der Waals surface area contributed by atoms with E-state index in [2.05, 4.69) is 20.8 Å². The lowest BCUT2D eigenvalue weighted by Gasteiger charge is -2.02. The molecule has 0 bridgehead atoms. The second-order valence-electron chi connectivity index (χ2n) is 5.67. The molecule has 1 heterocycles. The summed E-state index contributed by atoms with van der Waals surface area (Å²) in [4.78, 5) is 16.1. The molecular formula is C19H17ClN4OS. The standard InChI is InChI=1S/C19H17ClN4OS/c1-12-3-7-15(8-4-12)17-18(22-13(2)25)26-19(23-17)24-21-11-14-5-9-16(20)10-6-14/h3-11H,1-2H3,(H,22,25)(H,23,24)/b21-11-. The SMILES string of the molecule is CC(=O)Nc1sc(N/N=C\c2ccc(Cl)cc2)nc1-c1ccc(C)cc1. The smallest absolute Gasteiger partial charge is 0.221 e. The Kier molecular flexibility index (Phi) is 5.65. The van der Waals surface area contributed by atoms with E-state index in [0.717, 1.165) is 22.4 Å². The number of nitrogens with zero attached hydrogens (tertiary/aromatic N) is 2. The molecule has 0 atom stereocenters. The van der Waals surface area contributed by atoms with Gasteiger partial charge in [0.2, 0.25) is 11.0 Å². The molecule has 0 aliphatic rings. The van der Waals surface area contributed by atoms with Gasteiger partial charge in [-0.3, -0.25) is 10.2 Å². The fourth-order valence-electron chi connectivity index (χ4n) is 2.23. The normalized spacial score (nSPS) is 10.9. The summed E-state index contributed by atoms with van der Waals surface area (Å²) >= 11 is 7.20. The number of halogens is 1. The Morgan fingerprint density at radius 1 is 1.15 bits per heavy atom. The van der Waals surface area contributed by atoms with Crippen molar-refractivity contribution in [2.45, 2.75) is 13.8 Å². The molecule has 3 rings (SSSR count). The molecule has 7 heteroatoms. The van der Waals surface area contributed by atoms with Gasteiger partial charge in [-0.25, -0.2) is 4.98 Å². The molecule has 1 amide bonds. The number of aryl methyl sites for hydroxylation is 1. The van der Waals surface area contributed by atoms with Crippen LogP contribution in [0, 0.1) is 6.92 Å². The van der Waals surface area contributed by atoms with E-state index in [4.69, 9.17) is 11.6 Å². The summed E-state index contributed by atoms with van der Waals surface area (Å²) in [6.07, 6.45) is 1.68. The lowest BCUT2D eigenvalue weighted by Crippen LogP contribution is -2.05. The van der Waals surface area contributed by atoms with Crippen molar-refractivity contribution in [3.63, 3.8) is 0 Å². The van der Waals surface area contributed by atoms with Gasteiger partial charge in [0.1, 0.15) is 10.7 Å². The molecule has 0 saturated carbocycles. The average Bonchev–Trinajstić information content (AvgIpc) is 2.99. The Hall–Kier alpha value is -2.70. The number of hydrogen-bond acceptors (Lipinski definition) is 5. The van der Waals surface area contributed by atoms with Crippen molar-refractivity contribution in [3.8, 4) is 11.3 Å². The molecule has 132 valence electrons. The van der Waals surface area contributed by atoms with Crippen LogP contribution in [0.15, 0.2) is 53.6 Å². The highest BCUT2D eigenvalue weighted by molar-refractivity contribution is 7.20. The van der Waals surface area contributed by atoms with Crippen molar-refractivity contribution >= 4 is 45.2 Å². The van der Waals surface area contributed by atoms with Crippen LogP contribution in [0.1, 0.15) is 18.1 Å². The molecule has 0 unspecified atom stereocenters. The highest BCUT2D eigenvalue weighted by Gasteiger charge is 2.14. The molecule has 2 aromatic carbocycles. The average molecular weight is 385 g/mol. The van der Waals surface area contributed by atoms with Gasteiger partial charge in [0.25, 0.3) is 0 Å². The summed E-state index contributed by atoms with van der Waals surface area (Å²) in [6.45, 7) is 3.50. The third kappa shape index (κ3) is 4.68. The highest BCUT2D eigenvalue weighted by atomic mass is 35.5. The van der Waals surface area contributed by atoms with Crippen LogP contribution in [0.25, 0.3) is 11.3 Å². The number of rotatable bonds is 5. The van der Waals surface area contributed by atoms with Gasteiger partial charge in [-0.1, -0.05) is 64.9 Å². The second kappa shape index (κ2) is 8.12. The topological polar surface area (TPSA) is 66.4 Å². The second-order valence-corrected chi connectivity index (χ2v) is 7.10. The quantitative estimate of drug-likeness (QED) is 0.470. The number of thiazole rings is 1. The predicted molar refractivity (Wildman–Crippen MR) is 109 cm³/mol. The van der Waals surface area contributed by atoms with E-state index in [0.29, 0.717) is 15.2 Å². The van der Waals surface area contributed by atoms with Crippen LogP contribution in [0.4, 0.5) is 10.1 Å². The number of amides is 1. The van der Waals surface area contributed by atoms with Crippen LogP contribution in [-0.2, 0) is 4.79 Å². The number of hydrogen-bond donors (Lipinski definition) is 2. The van der Waals surface area contributed by atoms with Crippen LogP contribution < -0.4 is 10.7 Å². The summed E-state index contributed by atoms with van der Waals surface area (Å²) in [7, 11) is 0. The molecule has 0 spiro atoms. The van der Waals surface area contributed by atoms with Crippen LogP contribution >= 0.6 is 22.9 Å². The first-order chi connectivity index (χ1) is 12.5. The Morgan fingerprint density at radius 3 is 2.50 bits per heavy atom. The summed E-state index contributed by atoms with van der Waals surface area (Å²) in [5.74, 6) is -0.141. The first-order valence-corrected chi connectivity index (χ1v) is 9.11. The molecular weight excluding hydrogens is 368 g/mol. The van der Waals surface area contributed by atoms with Crippen molar-refractivity contribution in [3.05, 3.63) is 64.7 Å². The van der Waals surface area contributed by atoms with Crippen molar-refractivity contribution in [1.82, 2.24) is 4.98 Å². The van der Waals surface area contributed by atoms with Gasteiger partial charge in [0, 0.05) is 17.5 Å². The van der Waals surface area contributed by atoms with Crippen molar-refractivity contribution in [2.75, 3.05) is 10.7 Å². The van der Waals surface area contributed by atoms with Crippen molar-refractivity contribution in [1.29, 1.82) is 0 Å². The Morgan fingerprint density at radius 2 is 1.85 bits per heavy atom. The zero-order valence-corrected chi connectivity index (χ0v) is 15.9. The van der Waals surface area contributed by atoms with Crippen molar-refractivity contribution < 1.29 is 4.79 Å². The van der Waals surface area contributed by atoms with E-state index in [9.17, 15) is 4.79 Å².